The zero-order valence-corrected chi connectivity index (χ0v) is 6.52. The van der Waals surface area contributed by atoms with Crippen molar-refractivity contribution in [1.29, 1.82) is 0 Å². The summed E-state index contributed by atoms with van der Waals surface area (Å²) in [5.41, 5.74) is 0. The van der Waals surface area contributed by atoms with E-state index in [0.29, 0.717) is 0 Å². The number of nitrogens with one attached hydrogen (secondary N) is 1. The van der Waals surface area contributed by atoms with E-state index in [2.05, 4.69) is 4.72 Å². The lowest BCUT2D eigenvalue weighted by Gasteiger charge is -2.05. The van der Waals surface area contributed by atoms with Crippen molar-refractivity contribution in [3.05, 3.63) is 30.3 Å². The summed E-state index contributed by atoms with van der Waals surface area (Å²) < 4.78 is 13.7. The SMILES string of the molecule is CN[S@@+]([O-])c1ccccc1. The van der Waals surface area contributed by atoms with E-state index in [1.165, 1.54) is 0 Å². The smallest absolute Gasteiger partial charge is 0.173 e. The zero-order chi connectivity index (χ0) is 7.40. The second-order valence-corrected chi connectivity index (χ2v) is 3.20. The topological polar surface area (TPSA) is 35.1 Å². The minimum atomic E-state index is -1.04. The van der Waals surface area contributed by atoms with Gasteiger partial charge in [0.05, 0.1) is 11.4 Å². The first-order chi connectivity index (χ1) is 4.84. The van der Waals surface area contributed by atoms with E-state index in [-0.39, 0.29) is 0 Å². The second-order valence-electron chi connectivity index (χ2n) is 1.79. The van der Waals surface area contributed by atoms with E-state index < -0.39 is 11.4 Å². The Morgan fingerprint density at radius 1 is 1.30 bits per heavy atom. The van der Waals surface area contributed by atoms with Gasteiger partial charge >= 0.3 is 0 Å². The Hall–Kier alpha value is -0.510. The summed E-state index contributed by atoms with van der Waals surface area (Å²) >= 11 is -1.04. The molecule has 0 aromatic heterocycles. The minimum Gasteiger partial charge on any atom is -0.593 e. The highest BCUT2D eigenvalue weighted by atomic mass is 32.2. The fourth-order valence-electron chi connectivity index (χ4n) is 0.662. The standard InChI is InChI=1S/C7H9NOS/c1-8-10(9)7-5-3-2-4-6-7/h2-6,8H,1H3/t10-/m0/s1. The maximum atomic E-state index is 11.0. The molecule has 0 aliphatic carbocycles. The van der Waals surface area contributed by atoms with Crippen molar-refractivity contribution >= 4 is 11.4 Å². The van der Waals surface area contributed by atoms with E-state index >= 15 is 0 Å². The maximum Gasteiger partial charge on any atom is 0.173 e. The highest BCUT2D eigenvalue weighted by Gasteiger charge is 2.04. The molecule has 54 valence electrons. The van der Waals surface area contributed by atoms with Gasteiger partial charge in [-0.25, -0.2) is 0 Å². The van der Waals surface area contributed by atoms with Crippen LogP contribution in [-0.4, -0.2) is 11.6 Å². The molecule has 3 heteroatoms. The molecule has 1 aromatic carbocycles. The average Bonchev–Trinajstić information content (AvgIpc) is 2.05. The Balaban J connectivity index is 2.75. The molecule has 0 amide bonds. The minimum absolute atomic E-state index is 0.810. The summed E-state index contributed by atoms with van der Waals surface area (Å²) in [5, 5.41) is 0. The van der Waals surface area contributed by atoms with E-state index in [9.17, 15) is 4.55 Å². The summed E-state index contributed by atoms with van der Waals surface area (Å²) in [5.74, 6) is 0. The van der Waals surface area contributed by atoms with Gasteiger partial charge in [-0.3, -0.25) is 0 Å². The molecular formula is C7H9NOS. The highest BCUT2D eigenvalue weighted by Crippen LogP contribution is 2.05. The molecule has 0 fully saturated rings. The van der Waals surface area contributed by atoms with Crippen LogP contribution in [0.5, 0.6) is 0 Å². The van der Waals surface area contributed by atoms with Gasteiger partial charge in [0.25, 0.3) is 0 Å². The molecule has 0 aliphatic rings. The summed E-state index contributed by atoms with van der Waals surface area (Å²) in [4.78, 5) is 0.810. The van der Waals surface area contributed by atoms with Crippen molar-refractivity contribution in [2.24, 2.45) is 0 Å². The van der Waals surface area contributed by atoms with Crippen LogP contribution >= 0.6 is 0 Å². The number of benzene rings is 1. The van der Waals surface area contributed by atoms with E-state index in [0.717, 1.165) is 4.90 Å². The summed E-state index contributed by atoms with van der Waals surface area (Å²) in [6.07, 6.45) is 0. The normalized spacial score (nSPS) is 13.0. The number of hydrogen-bond acceptors (Lipinski definition) is 2. The monoisotopic (exact) mass is 155 g/mol. The van der Waals surface area contributed by atoms with Crippen LogP contribution in [-0.2, 0) is 11.4 Å². The van der Waals surface area contributed by atoms with Gasteiger partial charge in [0.15, 0.2) is 4.90 Å². The highest BCUT2D eigenvalue weighted by molar-refractivity contribution is 7.89. The first-order valence-corrected chi connectivity index (χ1v) is 4.14. The Labute approximate surface area is 63.6 Å². The second kappa shape index (κ2) is 3.61. The average molecular weight is 155 g/mol. The zero-order valence-electron chi connectivity index (χ0n) is 5.70. The third-order valence-electron chi connectivity index (χ3n) is 1.14. The number of rotatable bonds is 2. The van der Waals surface area contributed by atoms with Crippen molar-refractivity contribution in [2.45, 2.75) is 4.90 Å². The van der Waals surface area contributed by atoms with Gasteiger partial charge in [0.2, 0.25) is 0 Å². The fourth-order valence-corrected chi connectivity index (χ4v) is 1.30. The van der Waals surface area contributed by atoms with Gasteiger partial charge in [-0.05, 0) is 12.1 Å². The van der Waals surface area contributed by atoms with Crippen LogP contribution in [0.3, 0.4) is 0 Å². The van der Waals surface area contributed by atoms with Gasteiger partial charge in [0, 0.05) is 7.05 Å². The van der Waals surface area contributed by atoms with Crippen molar-refractivity contribution in [1.82, 2.24) is 4.72 Å². The third-order valence-corrected chi connectivity index (χ3v) is 2.21. The van der Waals surface area contributed by atoms with Crippen LogP contribution < -0.4 is 4.72 Å². The molecule has 0 spiro atoms. The Kier molecular flexibility index (Phi) is 2.74. The fraction of sp³-hybridized carbons (Fsp3) is 0.143. The predicted octanol–water partition coefficient (Wildman–Crippen LogP) is 0.929. The molecular weight excluding hydrogens is 146 g/mol. The Morgan fingerprint density at radius 2 is 1.90 bits per heavy atom. The molecule has 0 saturated heterocycles. The molecule has 1 rings (SSSR count). The first kappa shape index (κ1) is 7.60. The van der Waals surface area contributed by atoms with Crippen LogP contribution in [0, 0.1) is 0 Å². The molecule has 0 aliphatic heterocycles. The molecule has 1 N–H and O–H groups in total. The Bertz CT molecular complexity index is 190. The molecule has 0 bridgehead atoms. The van der Waals surface area contributed by atoms with Crippen LogP contribution in [0.2, 0.25) is 0 Å². The van der Waals surface area contributed by atoms with Crippen LogP contribution in [0.25, 0.3) is 0 Å². The Morgan fingerprint density at radius 3 is 2.40 bits per heavy atom. The molecule has 0 radical (unpaired) electrons. The molecule has 10 heavy (non-hydrogen) atoms. The third kappa shape index (κ3) is 1.73. The lowest BCUT2D eigenvalue weighted by Crippen LogP contribution is -2.18. The summed E-state index contributed by atoms with van der Waals surface area (Å²) in [6, 6.07) is 9.28. The van der Waals surface area contributed by atoms with Crippen LogP contribution in [0.15, 0.2) is 35.2 Å². The molecule has 0 saturated carbocycles. The quantitative estimate of drug-likeness (QED) is 0.645. The van der Waals surface area contributed by atoms with Gasteiger partial charge in [0.1, 0.15) is 0 Å². The van der Waals surface area contributed by atoms with Crippen molar-refractivity contribution in [3.63, 3.8) is 0 Å². The first-order valence-electron chi connectivity index (χ1n) is 2.99. The van der Waals surface area contributed by atoms with E-state index in [1.807, 2.05) is 30.3 Å². The van der Waals surface area contributed by atoms with Gasteiger partial charge < -0.3 is 4.55 Å². The van der Waals surface area contributed by atoms with Crippen molar-refractivity contribution in [3.8, 4) is 0 Å². The number of hydrogen-bond donors (Lipinski definition) is 1. The van der Waals surface area contributed by atoms with Crippen molar-refractivity contribution < 1.29 is 4.55 Å². The van der Waals surface area contributed by atoms with E-state index in [1.54, 1.807) is 7.05 Å². The molecule has 0 heterocycles. The molecule has 1 aromatic rings. The van der Waals surface area contributed by atoms with Gasteiger partial charge in [-0.1, -0.05) is 18.2 Å². The van der Waals surface area contributed by atoms with Crippen LogP contribution in [0.1, 0.15) is 0 Å². The van der Waals surface area contributed by atoms with Gasteiger partial charge in [-0.2, -0.15) is 0 Å². The molecule has 1 atom stereocenters. The predicted molar refractivity (Wildman–Crippen MR) is 41.9 cm³/mol. The lowest BCUT2D eigenvalue weighted by molar-refractivity contribution is 0.587. The summed E-state index contributed by atoms with van der Waals surface area (Å²) in [7, 11) is 1.67. The van der Waals surface area contributed by atoms with E-state index in [4.69, 9.17) is 0 Å². The van der Waals surface area contributed by atoms with Crippen molar-refractivity contribution in [2.75, 3.05) is 7.05 Å². The summed E-state index contributed by atoms with van der Waals surface area (Å²) in [6.45, 7) is 0. The largest absolute Gasteiger partial charge is 0.593 e. The van der Waals surface area contributed by atoms with Gasteiger partial charge in [-0.15, -0.1) is 4.72 Å². The molecule has 2 nitrogen and oxygen atoms in total. The van der Waals surface area contributed by atoms with Crippen LogP contribution in [0.4, 0.5) is 0 Å². The maximum absolute atomic E-state index is 11.0. The lowest BCUT2D eigenvalue weighted by atomic mass is 10.4. The molecule has 0 unspecified atom stereocenters.